The van der Waals surface area contributed by atoms with Crippen molar-refractivity contribution in [3.05, 3.63) is 29.0 Å². The molecule has 1 aliphatic heterocycles. The highest BCUT2D eigenvalue weighted by atomic mass is 35.5. The normalized spacial score (nSPS) is 28.9. The second-order valence-corrected chi connectivity index (χ2v) is 9.81. The maximum atomic E-state index is 13.8. The van der Waals surface area contributed by atoms with Crippen LogP contribution in [-0.2, 0) is 4.79 Å². The van der Waals surface area contributed by atoms with Crippen molar-refractivity contribution in [2.24, 2.45) is 5.92 Å². The zero-order valence-corrected chi connectivity index (χ0v) is 18.5. The quantitative estimate of drug-likeness (QED) is 0.714. The number of amides is 1. The van der Waals surface area contributed by atoms with E-state index in [1.165, 1.54) is 12.5 Å². The lowest BCUT2D eigenvalue weighted by molar-refractivity contribution is -0.132. The molecule has 0 radical (unpaired) electrons. The highest BCUT2D eigenvalue weighted by Crippen LogP contribution is 2.36. The SMILES string of the molecule is C[C@@H]1CN(CCC2CCC(NC(=O)C3(O)CC3)CC2)CCN1c1cccc(F)c1Cl. The highest BCUT2D eigenvalue weighted by molar-refractivity contribution is 6.33. The Morgan fingerprint density at radius 3 is 2.67 bits per heavy atom. The maximum absolute atomic E-state index is 13.8. The van der Waals surface area contributed by atoms with Gasteiger partial charge in [0.05, 0.1) is 10.7 Å². The van der Waals surface area contributed by atoms with E-state index in [4.69, 9.17) is 11.6 Å². The molecule has 1 saturated heterocycles. The minimum atomic E-state index is -1.06. The third-order valence-corrected chi connectivity index (χ3v) is 7.51. The van der Waals surface area contributed by atoms with Crippen LogP contribution in [0.2, 0.25) is 5.02 Å². The van der Waals surface area contributed by atoms with E-state index in [2.05, 4.69) is 22.0 Å². The molecule has 0 spiro atoms. The molecular weight excluding hydrogens is 405 g/mol. The largest absolute Gasteiger partial charge is 0.380 e. The Kier molecular flexibility index (Phi) is 6.56. The Labute approximate surface area is 183 Å². The van der Waals surface area contributed by atoms with Crippen LogP contribution in [0.4, 0.5) is 10.1 Å². The monoisotopic (exact) mass is 437 g/mol. The van der Waals surface area contributed by atoms with Crippen molar-refractivity contribution in [2.75, 3.05) is 31.1 Å². The van der Waals surface area contributed by atoms with Crippen LogP contribution in [0.3, 0.4) is 0 Å². The van der Waals surface area contributed by atoms with E-state index >= 15 is 0 Å². The minimum Gasteiger partial charge on any atom is -0.380 e. The van der Waals surface area contributed by atoms with Gasteiger partial charge in [-0.25, -0.2) is 4.39 Å². The smallest absolute Gasteiger partial charge is 0.252 e. The summed E-state index contributed by atoms with van der Waals surface area (Å²) in [5.41, 5.74) is -0.272. The molecule has 1 atom stereocenters. The van der Waals surface area contributed by atoms with Crippen molar-refractivity contribution in [1.82, 2.24) is 10.2 Å². The number of halogens is 2. The zero-order valence-electron chi connectivity index (χ0n) is 17.7. The van der Waals surface area contributed by atoms with Crippen LogP contribution in [0.5, 0.6) is 0 Å². The van der Waals surface area contributed by atoms with Gasteiger partial charge in [-0.1, -0.05) is 17.7 Å². The van der Waals surface area contributed by atoms with Crippen LogP contribution in [0.25, 0.3) is 0 Å². The molecule has 2 N–H and O–H groups in total. The van der Waals surface area contributed by atoms with Crippen molar-refractivity contribution in [3.8, 4) is 0 Å². The standard InChI is InChI=1S/C23H33ClFN3O2/c1-16-15-27(13-14-28(16)20-4-2-3-19(25)21(20)24)12-9-17-5-7-18(8-6-17)26-22(29)23(30)10-11-23/h2-4,16-18,30H,5-15H2,1H3,(H,26,29)/t16-,17?,18?/m1/s1. The van der Waals surface area contributed by atoms with Crippen molar-refractivity contribution < 1.29 is 14.3 Å². The van der Waals surface area contributed by atoms with Gasteiger partial charge in [0, 0.05) is 31.7 Å². The average molecular weight is 438 g/mol. The van der Waals surface area contributed by atoms with Gasteiger partial charge >= 0.3 is 0 Å². The molecule has 1 heterocycles. The fraction of sp³-hybridized carbons (Fsp3) is 0.696. The number of carbonyl (C=O) groups excluding carboxylic acids is 1. The van der Waals surface area contributed by atoms with Crippen molar-refractivity contribution in [1.29, 1.82) is 0 Å². The van der Waals surface area contributed by atoms with Crippen LogP contribution >= 0.6 is 11.6 Å². The molecule has 1 aromatic rings. The predicted octanol–water partition coefficient (Wildman–Crippen LogP) is 3.58. The van der Waals surface area contributed by atoms with Gasteiger partial charge in [-0.05, 0) is 76.5 Å². The van der Waals surface area contributed by atoms with E-state index in [0.717, 1.165) is 57.5 Å². The fourth-order valence-electron chi connectivity index (χ4n) is 4.93. The van der Waals surface area contributed by atoms with Crippen molar-refractivity contribution in [2.45, 2.75) is 69.6 Å². The number of carbonyl (C=O) groups is 1. The average Bonchev–Trinajstić information content (AvgIpc) is 3.49. The second kappa shape index (κ2) is 9.01. The number of hydrogen-bond donors (Lipinski definition) is 2. The highest BCUT2D eigenvalue weighted by Gasteiger charge is 2.48. The molecule has 0 aromatic heterocycles. The minimum absolute atomic E-state index is 0.170. The molecule has 166 valence electrons. The Hall–Kier alpha value is -1.37. The molecule has 30 heavy (non-hydrogen) atoms. The van der Waals surface area contributed by atoms with Crippen molar-refractivity contribution in [3.63, 3.8) is 0 Å². The van der Waals surface area contributed by atoms with Gasteiger partial charge in [0.2, 0.25) is 0 Å². The molecule has 7 heteroatoms. The summed E-state index contributed by atoms with van der Waals surface area (Å²) in [6, 6.07) is 5.53. The zero-order chi connectivity index (χ0) is 21.3. The first-order valence-corrected chi connectivity index (χ1v) is 11.7. The summed E-state index contributed by atoms with van der Waals surface area (Å²) >= 11 is 6.19. The molecule has 5 nitrogen and oxygen atoms in total. The molecule has 1 aromatic carbocycles. The molecule has 2 saturated carbocycles. The van der Waals surface area contributed by atoms with E-state index in [1.54, 1.807) is 6.07 Å². The topological polar surface area (TPSA) is 55.8 Å². The molecule has 1 amide bonds. The Balaban J connectivity index is 1.19. The first kappa shape index (κ1) is 21.8. The maximum Gasteiger partial charge on any atom is 0.252 e. The van der Waals surface area contributed by atoms with E-state index in [1.807, 2.05) is 6.07 Å². The van der Waals surface area contributed by atoms with Gasteiger partial charge in [-0.3, -0.25) is 9.69 Å². The van der Waals surface area contributed by atoms with Gasteiger partial charge in [0.15, 0.2) is 0 Å². The first-order chi connectivity index (χ1) is 14.4. The number of piperazine rings is 1. The number of aliphatic hydroxyl groups is 1. The van der Waals surface area contributed by atoms with E-state index in [0.29, 0.717) is 18.8 Å². The van der Waals surface area contributed by atoms with E-state index in [-0.39, 0.29) is 28.8 Å². The number of nitrogens with one attached hydrogen (secondary N) is 1. The lowest BCUT2D eigenvalue weighted by atomic mass is 9.84. The molecule has 2 aliphatic carbocycles. The van der Waals surface area contributed by atoms with Crippen molar-refractivity contribution >= 4 is 23.2 Å². The number of rotatable bonds is 6. The summed E-state index contributed by atoms with van der Waals surface area (Å²) in [4.78, 5) is 16.7. The fourth-order valence-corrected chi connectivity index (χ4v) is 5.17. The molecule has 3 fully saturated rings. The summed E-state index contributed by atoms with van der Waals surface area (Å²) in [6.45, 7) is 6.02. The lowest BCUT2D eigenvalue weighted by Crippen LogP contribution is -2.52. The Morgan fingerprint density at radius 1 is 1.27 bits per heavy atom. The molecule has 4 rings (SSSR count). The van der Waals surface area contributed by atoms with E-state index < -0.39 is 5.60 Å². The number of benzene rings is 1. The number of nitrogens with zero attached hydrogens (tertiary/aromatic N) is 2. The molecule has 0 bridgehead atoms. The second-order valence-electron chi connectivity index (χ2n) is 9.43. The van der Waals surface area contributed by atoms with E-state index in [9.17, 15) is 14.3 Å². The van der Waals surface area contributed by atoms with Crippen LogP contribution in [0.15, 0.2) is 18.2 Å². The summed E-state index contributed by atoms with van der Waals surface area (Å²) in [7, 11) is 0. The van der Waals surface area contributed by atoms with Gasteiger partial charge in [0.1, 0.15) is 11.4 Å². The van der Waals surface area contributed by atoms with Gasteiger partial charge in [-0.2, -0.15) is 0 Å². The third-order valence-electron chi connectivity index (χ3n) is 7.13. The summed E-state index contributed by atoms with van der Waals surface area (Å²) < 4.78 is 13.8. The first-order valence-electron chi connectivity index (χ1n) is 11.3. The van der Waals surface area contributed by atoms with Gasteiger partial charge < -0.3 is 15.3 Å². The summed E-state index contributed by atoms with van der Waals surface area (Å²) in [5.74, 6) is 0.172. The lowest BCUT2D eigenvalue weighted by Gasteiger charge is -2.42. The summed E-state index contributed by atoms with van der Waals surface area (Å²) in [5, 5.41) is 13.2. The van der Waals surface area contributed by atoms with Crippen LogP contribution < -0.4 is 10.2 Å². The summed E-state index contributed by atoms with van der Waals surface area (Å²) in [6.07, 6.45) is 6.67. The molecular formula is C23H33ClFN3O2. The third kappa shape index (κ3) is 4.92. The van der Waals surface area contributed by atoms with Crippen LogP contribution in [0, 0.1) is 11.7 Å². The van der Waals surface area contributed by atoms with Crippen LogP contribution in [-0.4, -0.2) is 59.8 Å². The number of hydrogen-bond acceptors (Lipinski definition) is 4. The Morgan fingerprint density at radius 2 is 2.00 bits per heavy atom. The predicted molar refractivity (Wildman–Crippen MR) is 117 cm³/mol. The number of anilines is 1. The van der Waals surface area contributed by atoms with Crippen LogP contribution in [0.1, 0.15) is 51.9 Å². The molecule has 0 unspecified atom stereocenters. The van der Waals surface area contributed by atoms with Gasteiger partial charge in [0.25, 0.3) is 5.91 Å². The Bertz CT molecular complexity index is 765. The molecule has 3 aliphatic rings. The van der Waals surface area contributed by atoms with Gasteiger partial charge in [-0.15, -0.1) is 0 Å².